The van der Waals surface area contributed by atoms with Crippen LogP contribution in [0, 0.1) is 0 Å². The van der Waals surface area contributed by atoms with Gasteiger partial charge in [-0.15, -0.1) is 0 Å². The topological polar surface area (TPSA) is 68.3 Å². The fraction of sp³-hybridized carbons (Fsp3) is 0.0833. The summed E-state index contributed by atoms with van der Waals surface area (Å²) in [5.41, 5.74) is 6.52. The summed E-state index contributed by atoms with van der Waals surface area (Å²) in [5.74, 6) is 0.408. The Balaban J connectivity index is 2.04. The van der Waals surface area contributed by atoms with Crippen LogP contribution in [0.1, 0.15) is 16.1 Å². The fourth-order valence-electron chi connectivity index (χ4n) is 1.38. The van der Waals surface area contributed by atoms with E-state index in [2.05, 4.69) is 5.32 Å². The van der Waals surface area contributed by atoms with E-state index in [9.17, 15) is 4.79 Å². The lowest BCUT2D eigenvalue weighted by Crippen LogP contribution is -2.11. The molecule has 82 valence electrons. The average Bonchev–Trinajstić information content (AvgIpc) is 2.79. The Morgan fingerprint density at radius 3 is 2.88 bits per heavy atom. The molecule has 0 aliphatic heterocycles. The van der Waals surface area contributed by atoms with Crippen LogP contribution in [-0.4, -0.2) is 5.91 Å². The van der Waals surface area contributed by atoms with Gasteiger partial charge in [0.25, 0.3) is 0 Å². The highest BCUT2D eigenvalue weighted by Gasteiger charge is 2.01. The van der Waals surface area contributed by atoms with E-state index in [1.54, 1.807) is 24.5 Å². The third-order valence-electron chi connectivity index (χ3n) is 2.19. The van der Waals surface area contributed by atoms with Crippen molar-refractivity contribution in [3.8, 4) is 0 Å². The SMILES string of the molecule is NC(=O)c1cccc(NCc2ccco2)c1. The number of nitrogens with two attached hydrogens (primary N) is 1. The van der Waals surface area contributed by atoms with Crippen LogP contribution in [0.15, 0.2) is 47.1 Å². The molecule has 3 N–H and O–H groups in total. The summed E-state index contributed by atoms with van der Waals surface area (Å²) < 4.78 is 5.18. The van der Waals surface area contributed by atoms with Crippen molar-refractivity contribution in [3.63, 3.8) is 0 Å². The number of anilines is 1. The molecule has 1 aromatic heterocycles. The van der Waals surface area contributed by atoms with Crippen molar-refractivity contribution in [2.24, 2.45) is 5.73 Å². The Kier molecular flexibility index (Phi) is 2.91. The molecule has 0 radical (unpaired) electrons. The van der Waals surface area contributed by atoms with Gasteiger partial charge in [-0.3, -0.25) is 4.79 Å². The number of carbonyl (C=O) groups excluding carboxylic acids is 1. The largest absolute Gasteiger partial charge is 0.467 e. The highest BCUT2D eigenvalue weighted by Crippen LogP contribution is 2.12. The molecule has 1 amide bonds. The van der Waals surface area contributed by atoms with Gasteiger partial charge in [0.1, 0.15) is 5.76 Å². The molecule has 0 spiro atoms. The molecular formula is C12H12N2O2. The van der Waals surface area contributed by atoms with Crippen LogP contribution >= 0.6 is 0 Å². The molecule has 2 aromatic rings. The maximum atomic E-state index is 11.0. The second kappa shape index (κ2) is 4.53. The van der Waals surface area contributed by atoms with Crippen LogP contribution in [0.25, 0.3) is 0 Å². The van der Waals surface area contributed by atoms with E-state index in [1.165, 1.54) is 0 Å². The predicted molar refractivity (Wildman–Crippen MR) is 61.0 cm³/mol. The van der Waals surface area contributed by atoms with Gasteiger partial charge in [-0.25, -0.2) is 0 Å². The van der Waals surface area contributed by atoms with Crippen molar-refractivity contribution in [2.45, 2.75) is 6.54 Å². The third-order valence-corrected chi connectivity index (χ3v) is 2.19. The van der Waals surface area contributed by atoms with Gasteiger partial charge in [0.15, 0.2) is 0 Å². The van der Waals surface area contributed by atoms with Crippen molar-refractivity contribution in [2.75, 3.05) is 5.32 Å². The van der Waals surface area contributed by atoms with E-state index >= 15 is 0 Å². The fourth-order valence-corrected chi connectivity index (χ4v) is 1.38. The summed E-state index contributed by atoms with van der Waals surface area (Å²) in [5, 5.41) is 3.14. The van der Waals surface area contributed by atoms with E-state index in [-0.39, 0.29) is 0 Å². The molecule has 0 saturated heterocycles. The summed E-state index contributed by atoms with van der Waals surface area (Å²) >= 11 is 0. The minimum atomic E-state index is -0.429. The molecule has 1 heterocycles. The van der Waals surface area contributed by atoms with Crippen molar-refractivity contribution >= 4 is 11.6 Å². The van der Waals surface area contributed by atoms with Gasteiger partial charge < -0.3 is 15.5 Å². The van der Waals surface area contributed by atoms with Crippen molar-refractivity contribution < 1.29 is 9.21 Å². The van der Waals surface area contributed by atoms with Crippen LogP contribution in [-0.2, 0) is 6.54 Å². The summed E-state index contributed by atoms with van der Waals surface area (Å²) in [6, 6.07) is 10.8. The number of rotatable bonds is 4. The summed E-state index contributed by atoms with van der Waals surface area (Å²) in [4.78, 5) is 11.0. The monoisotopic (exact) mass is 216 g/mol. The molecule has 0 bridgehead atoms. The molecule has 0 unspecified atom stereocenters. The van der Waals surface area contributed by atoms with Gasteiger partial charge in [-0.2, -0.15) is 0 Å². The summed E-state index contributed by atoms with van der Waals surface area (Å²) in [7, 11) is 0. The summed E-state index contributed by atoms with van der Waals surface area (Å²) in [6.45, 7) is 0.579. The predicted octanol–water partition coefficient (Wildman–Crippen LogP) is 1.99. The Morgan fingerprint density at radius 1 is 1.31 bits per heavy atom. The van der Waals surface area contributed by atoms with Crippen LogP contribution in [0.2, 0.25) is 0 Å². The van der Waals surface area contributed by atoms with Crippen LogP contribution in [0.4, 0.5) is 5.69 Å². The molecule has 0 saturated carbocycles. The third kappa shape index (κ3) is 2.42. The van der Waals surface area contributed by atoms with Crippen molar-refractivity contribution in [1.82, 2.24) is 0 Å². The van der Waals surface area contributed by atoms with Gasteiger partial charge in [0.2, 0.25) is 5.91 Å². The molecule has 0 fully saturated rings. The molecule has 16 heavy (non-hydrogen) atoms. The number of primary amides is 1. The second-order valence-corrected chi connectivity index (χ2v) is 3.38. The minimum absolute atomic E-state index is 0.429. The lowest BCUT2D eigenvalue weighted by molar-refractivity contribution is 0.100. The Hall–Kier alpha value is -2.23. The van der Waals surface area contributed by atoms with Gasteiger partial charge in [0, 0.05) is 11.3 Å². The van der Waals surface area contributed by atoms with E-state index in [0.717, 1.165) is 11.4 Å². The minimum Gasteiger partial charge on any atom is -0.467 e. The molecule has 1 aromatic carbocycles. The van der Waals surface area contributed by atoms with Gasteiger partial charge in [-0.1, -0.05) is 6.07 Å². The number of hydrogen-bond acceptors (Lipinski definition) is 3. The lowest BCUT2D eigenvalue weighted by atomic mass is 10.2. The first kappa shape index (κ1) is 10.3. The Bertz CT molecular complexity index is 478. The highest BCUT2D eigenvalue weighted by molar-refractivity contribution is 5.93. The number of hydrogen-bond donors (Lipinski definition) is 2. The first-order valence-corrected chi connectivity index (χ1v) is 4.92. The van der Waals surface area contributed by atoms with E-state index in [4.69, 9.17) is 10.2 Å². The van der Waals surface area contributed by atoms with Gasteiger partial charge in [-0.05, 0) is 30.3 Å². The van der Waals surface area contributed by atoms with Gasteiger partial charge in [0.05, 0.1) is 12.8 Å². The average molecular weight is 216 g/mol. The van der Waals surface area contributed by atoms with E-state index in [1.807, 2.05) is 18.2 Å². The smallest absolute Gasteiger partial charge is 0.248 e. The van der Waals surface area contributed by atoms with Crippen LogP contribution in [0.5, 0.6) is 0 Å². The first-order valence-electron chi connectivity index (χ1n) is 4.92. The number of nitrogens with one attached hydrogen (secondary N) is 1. The maximum Gasteiger partial charge on any atom is 0.248 e. The molecule has 2 rings (SSSR count). The lowest BCUT2D eigenvalue weighted by Gasteiger charge is -2.05. The van der Waals surface area contributed by atoms with Crippen molar-refractivity contribution in [3.05, 3.63) is 54.0 Å². The van der Waals surface area contributed by atoms with Crippen LogP contribution in [0.3, 0.4) is 0 Å². The number of furan rings is 1. The van der Waals surface area contributed by atoms with Crippen molar-refractivity contribution in [1.29, 1.82) is 0 Å². The normalized spacial score (nSPS) is 10.0. The molecule has 4 nitrogen and oxygen atoms in total. The molecule has 4 heteroatoms. The zero-order valence-electron chi connectivity index (χ0n) is 8.64. The molecular weight excluding hydrogens is 204 g/mol. The quantitative estimate of drug-likeness (QED) is 0.821. The first-order chi connectivity index (χ1) is 7.75. The number of benzene rings is 1. The molecule has 0 atom stereocenters. The Labute approximate surface area is 93.1 Å². The van der Waals surface area contributed by atoms with Crippen LogP contribution < -0.4 is 11.1 Å². The van der Waals surface area contributed by atoms with Gasteiger partial charge >= 0.3 is 0 Å². The number of carbonyl (C=O) groups is 1. The maximum absolute atomic E-state index is 11.0. The second-order valence-electron chi connectivity index (χ2n) is 3.38. The number of amides is 1. The summed E-state index contributed by atoms with van der Waals surface area (Å²) in [6.07, 6.45) is 1.62. The molecule has 0 aliphatic rings. The zero-order chi connectivity index (χ0) is 11.4. The van der Waals surface area contributed by atoms with E-state index in [0.29, 0.717) is 12.1 Å². The molecule has 0 aliphatic carbocycles. The Morgan fingerprint density at radius 2 is 2.19 bits per heavy atom. The standard InChI is InChI=1S/C12H12N2O2/c13-12(15)9-3-1-4-10(7-9)14-8-11-5-2-6-16-11/h1-7,14H,8H2,(H2,13,15). The highest BCUT2D eigenvalue weighted by atomic mass is 16.3. The zero-order valence-corrected chi connectivity index (χ0v) is 8.64. The van der Waals surface area contributed by atoms with E-state index < -0.39 is 5.91 Å².